The average molecular weight is 463 g/mol. The van der Waals surface area contributed by atoms with Gasteiger partial charge in [0.05, 0.1) is 10.9 Å². The van der Waals surface area contributed by atoms with Crippen LogP contribution in [0.4, 0.5) is 0 Å². The molecule has 0 radical (unpaired) electrons. The number of aromatic amines is 1. The zero-order valence-corrected chi connectivity index (χ0v) is 19.6. The molecule has 1 fully saturated rings. The standard InChI is InChI=1S/C26H30N4O4/c1-3-14-30(20-12-15-28(16-13-20)23(31)18-8-6-5-7-9-18)24(32)19-10-11-21-22(17-19)27-26(34)29(4-2)25(21)33/h5-11,17,20H,3-4,12-16H2,1-2H3,(H,27,34). The van der Waals surface area contributed by atoms with Gasteiger partial charge in [-0.3, -0.25) is 19.0 Å². The molecule has 8 heteroatoms. The highest BCUT2D eigenvalue weighted by atomic mass is 16.2. The maximum absolute atomic E-state index is 13.5. The van der Waals surface area contributed by atoms with Gasteiger partial charge in [-0.2, -0.15) is 0 Å². The van der Waals surface area contributed by atoms with E-state index in [0.717, 1.165) is 11.0 Å². The summed E-state index contributed by atoms with van der Waals surface area (Å²) in [7, 11) is 0. The van der Waals surface area contributed by atoms with E-state index in [1.165, 1.54) is 0 Å². The van der Waals surface area contributed by atoms with Crippen molar-refractivity contribution in [1.29, 1.82) is 0 Å². The Balaban J connectivity index is 1.53. The number of amides is 2. The SMILES string of the molecule is CCCN(C(=O)c1ccc2c(=O)n(CC)c(=O)[nH]c2c1)C1CCN(C(=O)c2ccccc2)CC1. The van der Waals surface area contributed by atoms with Crippen LogP contribution in [0, 0.1) is 0 Å². The monoisotopic (exact) mass is 462 g/mol. The fraction of sp³-hybridized carbons (Fsp3) is 0.385. The molecule has 0 spiro atoms. The smallest absolute Gasteiger partial charge is 0.328 e. The molecule has 3 aromatic rings. The first-order valence-corrected chi connectivity index (χ1v) is 11.9. The van der Waals surface area contributed by atoms with Gasteiger partial charge in [-0.25, -0.2) is 4.79 Å². The van der Waals surface area contributed by atoms with Gasteiger partial charge in [0.25, 0.3) is 17.4 Å². The number of nitrogens with zero attached hydrogens (tertiary/aromatic N) is 3. The third kappa shape index (κ3) is 4.53. The van der Waals surface area contributed by atoms with Crippen LogP contribution >= 0.6 is 0 Å². The third-order valence-electron chi connectivity index (χ3n) is 6.48. The van der Waals surface area contributed by atoms with Crippen LogP contribution in [-0.4, -0.2) is 56.8 Å². The number of fused-ring (bicyclic) bond motifs is 1. The van der Waals surface area contributed by atoms with Gasteiger partial charge in [-0.05, 0) is 56.5 Å². The third-order valence-corrected chi connectivity index (χ3v) is 6.48. The molecule has 0 saturated carbocycles. The number of aromatic nitrogens is 2. The molecule has 2 amide bonds. The summed E-state index contributed by atoms with van der Waals surface area (Å²) in [6.45, 7) is 5.82. The normalized spacial score (nSPS) is 14.4. The van der Waals surface area contributed by atoms with E-state index < -0.39 is 5.69 Å². The Kier molecular flexibility index (Phi) is 6.95. The number of benzene rings is 2. The van der Waals surface area contributed by atoms with E-state index in [4.69, 9.17) is 0 Å². The second kappa shape index (κ2) is 10.1. The van der Waals surface area contributed by atoms with Gasteiger partial charge in [0, 0.05) is 43.3 Å². The number of hydrogen-bond donors (Lipinski definition) is 1. The summed E-state index contributed by atoms with van der Waals surface area (Å²) < 4.78 is 1.14. The molecule has 0 aliphatic carbocycles. The summed E-state index contributed by atoms with van der Waals surface area (Å²) in [5.74, 6) is -0.110. The lowest BCUT2D eigenvalue weighted by Crippen LogP contribution is -2.49. The Bertz CT molecular complexity index is 1300. The van der Waals surface area contributed by atoms with E-state index in [9.17, 15) is 19.2 Å². The Morgan fingerprint density at radius 3 is 2.35 bits per heavy atom. The first kappa shape index (κ1) is 23.5. The van der Waals surface area contributed by atoms with Crippen LogP contribution < -0.4 is 11.2 Å². The van der Waals surface area contributed by atoms with Crippen LogP contribution in [0.5, 0.6) is 0 Å². The van der Waals surface area contributed by atoms with Crippen molar-refractivity contribution >= 4 is 22.7 Å². The molecule has 1 aliphatic rings. The zero-order valence-electron chi connectivity index (χ0n) is 19.6. The van der Waals surface area contributed by atoms with E-state index in [-0.39, 0.29) is 30.0 Å². The van der Waals surface area contributed by atoms with Crippen molar-refractivity contribution in [1.82, 2.24) is 19.4 Å². The summed E-state index contributed by atoms with van der Waals surface area (Å²) in [4.78, 5) is 57.5. The highest BCUT2D eigenvalue weighted by Crippen LogP contribution is 2.22. The number of carbonyl (C=O) groups excluding carboxylic acids is 2. The summed E-state index contributed by atoms with van der Waals surface area (Å²) in [6.07, 6.45) is 2.21. The van der Waals surface area contributed by atoms with Crippen molar-refractivity contribution in [2.45, 2.75) is 45.7 Å². The summed E-state index contributed by atoms with van der Waals surface area (Å²) in [5.41, 5.74) is 0.639. The molecule has 0 unspecified atom stereocenters. The van der Waals surface area contributed by atoms with Crippen LogP contribution in [0.15, 0.2) is 58.1 Å². The molecule has 8 nitrogen and oxygen atoms in total. The number of piperidine rings is 1. The van der Waals surface area contributed by atoms with Crippen LogP contribution in [0.1, 0.15) is 53.8 Å². The van der Waals surface area contributed by atoms with Crippen LogP contribution in [0.25, 0.3) is 10.9 Å². The Hall–Kier alpha value is -3.68. The zero-order chi connectivity index (χ0) is 24.2. The van der Waals surface area contributed by atoms with Crippen molar-refractivity contribution in [3.8, 4) is 0 Å². The largest absolute Gasteiger partial charge is 0.338 e. The fourth-order valence-electron chi connectivity index (χ4n) is 4.68. The van der Waals surface area contributed by atoms with E-state index in [0.29, 0.717) is 54.5 Å². The number of nitrogens with one attached hydrogen (secondary N) is 1. The molecular weight excluding hydrogens is 432 g/mol. The lowest BCUT2D eigenvalue weighted by Gasteiger charge is -2.38. The van der Waals surface area contributed by atoms with Crippen LogP contribution in [-0.2, 0) is 6.54 Å². The molecular formula is C26H30N4O4. The molecule has 4 rings (SSSR count). The van der Waals surface area contributed by atoms with E-state index in [1.807, 2.05) is 47.1 Å². The molecule has 34 heavy (non-hydrogen) atoms. The maximum atomic E-state index is 13.5. The predicted molar refractivity (Wildman–Crippen MR) is 131 cm³/mol. The van der Waals surface area contributed by atoms with E-state index in [2.05, 4.69) is 4.98 Å². The molecule has 1 N–H and O–H groups in total. The van der Waals surface area contributed by atoms with Crippen LogP contribution in [0.2, 0.25) is 0 Å². The molecule has 1 aliphatic heterocycles. The van der Waals surface area contributed by atoms with Crippen molar-refractivity contribution in [2.24, 2.45) is 0 Å². The Morgan fingerprint density at radius 1 is 1.00 bits per heavy atom. The second-order valence-electron chi connectivity index (χ2n) is 8.63. The molecule has 0 bridgehead atoms. The van der Waals surface area contributed by atoms with Gasteiger partial charge in [0.2, 0.25) is 0 Å². The topological polar surface area (TPSA) is 95.5 Å². The number of rotatable bonds is 6. The van der Waals surface area contributed by atoms with Crippen molar-refractivity contribution < 1.29 is 9.59 Å². The minimum absolute atomic E-state index is 0.0173. The molecule has 2 aromatic carbocycles. The lowest BCUT2D eigenvalue weighted by molar-refractivity contribution is 0.0519. The molecule has 178 valence electrons. The number of hydrogen-bond acceptors (Lipinski definition) is 4. The molecule has 1 aromatic heterocycles. The minimum Gasteiger partial charge on any atom is -0.338 e. The van der Waals surface area contributed by atoms with Crippen molar-refractivity contribution in [3.63, 3.8) is 0 Å². The highest BCUT2D eigenvalue weighted by Gasteiger charge is 2.30. The van der Waals surface area contributed by atoms with Crippen LogP contribution in [0.3, 0.4) is 0 Å². The van der Waals surface area contributed by atoms with E-state index >= 15 is 0 Å². The van der Waals surface area contributed by atoms with Gasteiger partial charge >= 0.3 is 5.69 Å². The predicted octanol–water partition coefficient (Wildman–Crippen LogP) is 2.87. The van der Waals surface area contributed by atoms with Gasteiger partial charge in [-0.15, -0.1) is 0 Å². The number of carbonyl (C=O) groups is 2. The average Bonchev–Trinajstić information content (AvgIpc) is 2.87. The quantitative estimate of drug-likeness (QED) is 0.609. The van der Waals surface area contributed by atoms with Crippen molar-refractivity contribution in [2.75, 3.05) is 19.6 Å². The number of likely N-dealkylation sites (tertiary alicyclic amines) is 1. The first-order valence-electron chi connectivity index (χ1n) is 11.9. The molecule has 0 atom stereocenters. The highest BCUT2D eigenvalue weighted by molar-refractivity contribution is 5.98. The summed E-state index contributed by atoms with van der Waals surface area (Å²) in [5, 5.41) is 0.382. The van der Waals surface area contributed by atoms with Gasteiger partial charge < -0.3 is 14.8 Å². The van der Waals surface area contributed by atoms with Crippen molar-refractivity contribution in [3.05, 3.63) is 80.5 Å². The second-order valence-corrected chi connectivity index (χ2v) is 8.63. The maximum Gasteiger partial charge on any atom is 0.328 e. The Labute approximate surface area is 197 Å². The van der Waals surface area contributed by atoms with Gasteiger partial charge in [-0.1, -0.05) is 25.1 Å². The van der Waals surface area contributed by atoms with Gasteiger partial charge in [0.1, 0.15) is 0 Å². The summed E-state index contributed by atoms with van der Waals surface area (Å²) in [6, 6.07) is 14.1. The minimum atomic E-state index is -0.481. The molecule has 1 saturated heterocycles. The van der Waals surface area contributed by atoms with Gasteiger partial charge in [0.15, 0.2) is 0 Å². The Morgan fingerprint density at radius 2 is 1.71 bits per heavy atom. The first-order chi connectivity index (χ1) is 16.4. The molecule has 2 heterocycles. The lowest BCUT2D eigenvalue weighted by atomic mass is 10.0. The summed E-state index contributed by atoms with van der Waals surface area (Å²) >= 11 is 0. The fourth-order valence-corrected chi connectivity index (χ4v) is 4.68. The number of H-pyrrole nitrogens is 1. The van der Waals surface area contributed by atoms with E-state index in [1.54, 1.807) is 25.1 Å².